The lowest BCUT2D eigenvalue weighted by Gasteiger charge is -2.38. The molecule has 238 valence electrons. The van der Waals surface area contributed by atoms with E-state index in [1.54, 1.807) is 24.3 Å². The lowest BCUT2D eigenvalue weighted by atomic mass is 9.74. The SMILES string of the molecule is CC(C)S(=O)(=O)NC(=O)c1cccc(O[C@@H]2CC[C@@H](NC(=O)[C@@]3(F)CNC4(CCC4)C3)C2)c1-c1cccc(F)c1C1CCC1. The molecule has 3 aliphatic carbocycles. The number of sulfonamides is 1. The minimum absolute atomic E-state index is 0.0159. The van der Waals surface area contributed by atoms with E-state index in [1.165, 1.54) is 26.0 Å². The number of benzene rings is 2. The van der Waals surface area contributed by atoms with E-state index in [0.717, 1.165) is 38.5 Å². The summed E-state index contributed by atoms with van der Waals surface area (Å²) in [6, 6.07) is 9.28. The standard InChI is InChI=1S/C33H41F2N3O5S/c1-20(2)44(41,42)38-30(39)25-10-5-12-27(29(25)24-9-4-11-26(34)28(24)21-7-3-8-21)43-23-14-13-22(17-23)37-31(40)33(35)18-32(36-19-33)15-6-16-32/h4-5,9-12,20-23,36H,3,6-8,13-19H2,1-2H3,(H,37,40)(H,38,39)/t22-,23-,33+/m1/s1. The number of amides is 2. The van der Waals surface area contributed by atoms with E-state index in [1.807, 2.05) is 0 Å². The highest BCUT2D eigenvalue weighted by Gasteiger charge is 2.55. The fourth-order valence-corrected chi connectivity index (χ4v) is 7.65. The fraction of sp³-hybridized carbons (Fsp3) is 0.576. The van der Waals surface area contributed by atoms with Crippen molar-refractivity contribution in [2.75, 3.05) is 6.54 Å². The molecule has 6 rings (SSSR count). The van der Waals surface area contributed by atoms with Gasteiger partial charge in [0.25, 0.3) is 11.8 Å². The Morgan fingerprint density at radius 1 is 1.05 bits per heavy atom. The monoisotopic (exact) mass is 629 g/mol. The van der Waals surface area contributed by atoms with E-state index >= 15 is 8.78 Å². The van der Waals surface area contributed by atoms with Crippen molar-refractivity contribution < 1.29 is 31.5 Å². The molecule has 3 atom stereocenters. The maximum atomic E-state index is 15.6. The number of halogens is 2. The topological polar surface area (TPSA) is 114 Å². The number of ether oxygens (including phenoxy) is 1. The lowest BCUT2D eigenvalue weighted by molar-refractivity contribution is -0.133. The van der Waals surface area contributed by atoms with Gasteiger partial charge in [0.05, 0.1) is 10.8 Å². The van der Waals surface area contributed by atoms with Gasteiger partial charge in [-0.3, -0.25) is 9.59 Å². The van der Waals surface area contributed by atoms with Crippen LogP contribution in [0, 0.1) is 5.82 Å². The third-order valence-corrected chi connectivity index (χ3v) is 11.8. The Kier molecular flexibility index (Phi) is 8.24. The van der Waals surface area contributed by atoms with Crippen LogP contribution >= 0.6 is 0 Å². The number of alkyl halides is 1. The van der Waals surface area contributed by atoms with Crippen LogP contribution in [0.5, 0.6) is 5.75 Å². The van der Waals surface area contributed by atoms with Crippen molar-refractivity contribution in [3.8, 4) is 16.9 Å². The number of carbonyl (C=O) groups excluding carboxylic acids is 2. The zero-order valence-corrected chi connectivity index (χ0v) is 26.1. The quantitative estimate of drug-likeness (QED) is 0.349. The summed E-state index contributed by atoms with van der Waals surface area (Å²) in [6.07, 6.45) is 6.90. The van der Waals surface area contributed by atoms with Crippen LogP contribution in [0.4, 0.5) is 8.78 Å². The molecule has 0 bridgehead atoms. The predicted molar refractivity (Wildman–Crippen MR) is 163 cm³/mol. The maximum absolute atomic E-state index is 15.6. The van der Waals surface area contributed by atoms with Crippen LogP contribution in [0.15, 0.2) is 36.4 Å². The van der Waals surface area contributed by atoms with Crippen LogP contribution in [-0.4, -0.2) is 55.4 Å². The summed E-state index contributed by atoms with van der Waals surface area (Å²) in [4.78, 5) is 26.5. The second-order valence-electron chi connectivity index (χ2n) is 13.4. The smallest absolute Gasteiger partial charge is 0.265 e. The van der Waals surface area contributed by atoms with Gasteiger partial charge >= 0.3 is 0 Å². The van der Waals surface area contributed by atoms with Crippen LogP contribution in [-0.2, 0) is 14.8 Å². The van der Waals surface area contributed by atoms with Gasteiger partial charge in [0.2, 0.25) is 15.7 Å². The highest BCUT2D eigenvalue weighted by Crippen LogP contribution is 2.47. The Morgan fingerprint density at radius 3 is 2.43 bits per heavy atom. The van der Waals surface area contributed by atoms with Crippen molar-refractivity contribution >= 4 is 21.8 Å². The zero-order valence-electron chi connectivity index (χ0n) is 25.3. The molecule has 3 N–H and O–H groups in total. The molecule has 1 heterocycles. The number of carbonyl (C=O) groups is 2. The maximum Gasteiger partial charge on any atom is 0.265 e. The highest BCUT2D eigenvalue weighted by atomic mass is 32.2. The molecule has 0 unspecified atom stereocenters. The van der Waals surface area contributed by atoms with Crippen molar-refractivity contribution in [2.24, 2.45) is 0 Å². The largest absolute Gasteiger partial charge is 0.490 e. The molecule has 2 aromatic carbocycles. The summed E-state index contributed by atoms with van der Waals surface area (Å²) >= 11 is 0. The first-order valence-electron chi connectivity index (χ1n) is 15.8. The van der Waals surface area contributed by atoms with Crippen LogP contribution in [0.25, 0.3) is 11.1 Å². The first kappa shape index (κ1) is 31.0. The molecule has 1 aliphatic heterocycles. The minimum Gasteiger partial charge on any atom is -0.490 e. The Bertz CT molecular complexity index is 1560. The molecule has 0 radical (unpaired) electrons. The van der Waals surface area contributed by atoms with Gasteiger partial charge in [0.15, 0.2) is 0 Å². The second-order valence-corrected chi connectivity index (χ2v) is 15.6. The molecule has 2 amide bonds. The van der Waals surface area contributed by atoms with Crippen LogP contribution < -0.4 is 20.1 Å². The van der Waals surface area contributed by atoms with E-state index in [0.29, 0.717) is 41.7 Å². The number of nitrogens with one attached hydrogen (secondary N) is 3. The van der Waals surface area contributed by atoms with E-state index in [2.05, 4.69) is 15.4 Å². The molecule has 4 aliphatic rings. The number of hydrogen-bond acceptors (Lipinski definition) is 6. The third kappa shape index (κ3) is 5.85. The Hall–Kier alpha value is -3.05. The summed E-state index contributed by atoms with van der Waals surface area (Å²) in [5.74, 6) is -1.47. The van der Waals surface area contributed by atoms with Crippen molar-refractivity contribution in [1.82, 2.24) is 15.4 Å². The van der Waals surface area contributed by atoms with Gasteiger partial charge in [-0.15, -0.1) is 0 Å². The fourth-order valence-electron chi connectivity index (χ4n) is 7.04. The predicted octanol–water partition coefficient (Wildman–Crippen LogP) is 5.27. The van der Waals surface area contributed by atoms with Crippen LogP contribution in [0.1, 0.15) is 99.9 Å². The van der Waals surface area contributed by atoms with E-state index in [-0.39, 0.29) is 47.9 Å². The summed E-state index contributed by atoms with van der Waals surface area (Å²) in [7, 11) is -3.93. The molecule has 0 aromatic heterocycles. The van der Waals surface area contributed by atoms with Crippen LogP contribution in [0.2, 0.25) is 0 Å². The van der Waals surface area contributed by atoms with Gasteiger partial charge in [-0.2, -0.15) is 0 Å². The first-order chi connectivity index (χ1) is 20.9. The summed E-state index contributed by atoms with van der Waals surface area (Å²) in [6.45, 7) is 2.98. The molecule has 44 heavy (non-hydrogen) atoms. The summed E-state index contributed by atoms with van der Waals surface area (Å²) in [5, 5.41) is 5.31. The Morgan fingerprint density at radius 2 is 1.80 bits per heavy atom. The second kappa shape index (κ2) is 11.7. The van der Waals surface area contributed by atoms with Crippen molar-refractivity contribution in [3.05, 3.63) is 53.3 Å². The Labute approximate surface area is 257 Å². The summed E-state index contributed by atoms with van der Waals surface area (Å²) in [5.41, 5.74) is -0.778. The number of hydrogen-bond donors (Lipinski definition) is 3. The molecule has 2 aromatic rings. The average molecular weight is 630 g/mol. The minimum atomic E-state index is -3.93. The van der Waals surface area contributed by atoms with Crippen molar-refractivity contribution in [3.63, 3.8) is 0 Å². The first-order valence-corrected chi connectivity index (χ1v) is 17.3. The van der Waals surface area contributed by atoms with Gasteiger partial charge in [0, 0.05) is 36.5 Å². The van der Waals surface area contributed by atoms with E-state index < -0.39 is 32.8 Å². The van der Waals surface area contributed by atoms with Crippen molar-refractivity contribution in [2.45, 2.75) is 113 Å². The number of rotatable bonds is 9. The molecule has 8 nitrogen and oxygen atoms in total. The highest BCUT2D eigenvalue weighted by molar-refractivity contribution is 7.90. The molecule has 11 heteroatoms. The van der Waals surface area contributed by atoms with Gasteiger partial charge in [-0.1, -0.05) is 24.6 Å². The molecule has 4 fully saturated rings. The average Bonchev–Trinajstić information content (AvgIpc) is 3.53. The van der Waals surface area contributed by atoms with E-state index in [4.69, 9.17) is 4.74 Å². The molecule has 3 saturated carbocycles. The van der Waals surface area contributed by atoms with Gasteiger partial charge < -0.3 is 15.4 Å². The zero-order chi connectivity index (χ0) is 31.3. The van der Waals surface area contributed by atoms with Crippen LogP contribution in [0.3, 0.4) is 0 Å². The van der Waals surface area contributed by atoms with Gasteiger partial charge in [0.1, 0.15) is 17.7 Å². The molecular formula is C33H41F2N3O5S. The Balaban J connectivity index is 1.26. The summed E-state index contributed by atoms with van der Waals surface area (Å²) < 4.78 is 64.8. The third-order valence-electron chi connectivity index (χ3n) is 10.1. The molecular weight excluding hydrogens is 588 g/mol. The van der Waals surface area contributed by atoms with Crippen molar-refractivity contribution in [1.29, 1.82) is 0 Å². The molecule has 1 saturated heterocycles. The normalized spacial score (nSPS) is 26.3. The van der Waals surface area contributed by atoms with Gasteiger partial charge in [-0.25, -0.2) is 21.9 Å². The lowest BCUT2D eigenvalue weighted by Crippen LogP contribution is -2.49. The van der Waals surface area contributed by atoms with E-state index in [9.17, 15) is 18.0 Å². The van der Waals surface area contributed by atoms with Gasteiger partial charge in [-0.05, 0) is 94.0 Å². The molecule has 1 spiro atoms.